The van der Waals surface area contributed by atoms with Crippen molar-refractivity contribution in [2.45, 2.75) is 19.5 Å². The molecule has 27 heavy (non-hydrogen) atoms. The molecule has 0 aliphatic carbocycles. The Hall–Kier alpha value is -3.16. The summed E-state index contributed by atoms with van der Waals surface area (Å²) in [5.41, 5.74) is 1.43. The summed E-state index contributed by atoms with van der Waals surface area (Å²) < 4.78 is 34.3. The third-order valence-corrected chi connectivity index (χ3v) is 4.15. The first-order valence-corrected chi connectivity index (χ1v) is 8.32. The van der Waals surface area contributed by atoms with Gasteiger partial charge in [-0.15, -0.1) is 0 Å². The van der Waals surface area contributed by atoms with E-state index in [9.17, 15) is 18.4 Å². The van der Waals surface area contributed by atoms with E-state index in [0.717, 1.165) is 12.1 Å². The molecule has 142 valence electrons. The maximum Gasteiger partial charge on any atom is 0.387 e. The third-order valence-electron chi connectivity index (χ3n) is 4.15. The predicted octanol–water partition coefficient (Wildman–Crippen LogP) is 3.68. The lowest BCUT2D eigenvalue weighted by Gasteiger charge is -2.16. The van der Waals surface area contributed by atoms with E-state index >= 15 is 0 Å². The average Bonchev–Trinajstić information content (AvgIpc) is 3.07. The first-order chi connectivity index (χ1) is 13.0. The second-order valence-corrected chi connectivity index (χ2v) is 5.89. The van der Waals surface area contributed by atoms with Crippen LogP contribution in [0, 0.1) is 0 Å². The standard InChI is InChI=1S/C19H18F2N2O4/c1-26-15-9-4-12(11-16(15)27-19(20)21)18(25)22-13-5-7-14(8-6-13)23-10-2-3-17(23)24/h4-9,11,19H,2-3,10H2,1H3,(H,22,25). The first kappa shape index (κ1) is 18.6. The zero-order chi connectivity index (χ0) is 19.4. The van der Waals surface area contributed by atoms with E-state index in [1.165, 1.54) is 25.3 Å². The molecule has 0 unspecified atom stereocenters. The van der Waals surface area contributed by atoms with E-state index in [1.807, 2.05) is 0 Å². The summed E-state index contributed by atoms with van der Waals surface area (Å²) in [5, 5.41) is 2.68. The molecule has 0 saturated carbocycles. The van der Waals surface area contributed by atoms with Crippen molar-refractivity contribution in [2.24, 2.45) is 0 Å². The lowest BCUT2D eigenvalue weighted by molar-refractivity contribution is -0.117. The highest BCUT2D eigenvalue weighted by Gasteiger charge is 2.21. The van der Waals surface area contributed by atoms with Gasteiger partial charge in [-0.3, -0.25) is 9.59 Å². The summed E-state index contributed by atoms with van der Waals surface area (Å²) in [6.07, 6.45) is 1.37. The summed E-state index contributed by atoms with van der Waals surface area (Å²) in [6, 6.07) is 10.9. The predicted molar refractivity (Wildman–Crippen MR) is 95.6 cm³/mol. The van der Waals surface area contributed by atoms with Crippen molar-refractivity contribution in [2.75, 3.05) is 23.9 Å². The van der Waals surface area contributed by atoms with Gasteiger partial charge in [-0.1, -0.05) is 0 Å². The minimum atomic E-state index is -3.03. The van der Waals surface area contributed by atoms with Crippen LogP contribution < -0.4 is 19.7 Å². The Morgan fingerprint density at radius 1 is 1.15 bits per heavy atom. The van der Waals surface area contributed by atoms with Crippen LogP contribution in [-0.4, -0.2) is 32.1 Å². The van der Waals surface area contributed by atoms with Crippen molar-refractivity contribution in [3.05, 3.63) is 48.0 Å². The van der Waals surface area contributed by atoms with Gasteiger partial charge in [0, 0.05) is 29.9 Å². The molecule has 0 spiro atoms. The van der Waals surface area contributed by atoms with E-state index < -0.39 is 12.5 Å². The summed E-state index contributed by atoms with van der Waals surface area (Å²) in [4.78, 5) is 25.8. The maximum absolute atomic E-state index is 12.5. The Morgan fingerprint density at radius 2 is 1.89 bits per heavy atom. The summed E-state index contributed by atoms with van der Waals surface area (Å²) in [7, 11) is 1.32. The van der Waals surface area contributed by atoms with E-state index in [2.05, 4.69) is 10.1 Å². The number of anilines is 2. The lowest BCUT2D eigenvalue weighted by atomic mass is 10.1. The first-order valence-electron chi connectivity index (χ1n) is 8.32. The second-order valence-electron chi connectivity index (χ2n) is 5.89. The number of nitrogens with one attached hydrogen (secondary N) is 1. The Balaban J connectivity index is 1.72. The monoisotopic (exact) mass is 376 g/mol. The highest BCUT2D eigenvalue weighted by atomic mass is 19.3. The molecule has 0 atom stereocenters. The van der Waals surface area contributed by atoms with Gasteiger partial charge in [0.15, 0.2) is 11.5 Å². The fourth-order valence-corrected chi connectivity index (χ4v) is 2.86. The fraction of sp³-hybridized carbons (Fsp3) is 0.263. The van der Waals surface area contributed by atoms with Gasteiger partial charge in [-0.25, -0.2) is 0 Å². The van der Waals surface area contributed by atoms with Gasteiger partial charge in [-0.05, 0) is 48.9 Å². The van der Waals surface area contributed by atoms with E-state index in [1.54, 1.807) is 29.2 Å². The van der Waals surface area contributed by atoms with E-state index in [4.69, 9.17) is 4.74 Å². The number of rotatable bonds is 6. The van der Waals surface area contributed by atoms with Crippen molar-refractivity contribution in [1.29, 1.82) is 0 Å². The van der Waals surface area contributed by atoms with Gasteiger partial charge >= 0.3 is 6.61 Å². The number of hydrogen-bond donors (Lipinski definition) is 1. The number of methoxy groups -OCH3 is 1. The Kier molecular flexibility index (Phi) is 5.54. The number of halogens is 2. The number of ether oxygens (including phenoxy) is 2. The number of hydrogen-bond acceptors (Lipinski definition) is 4. The van der Waals surface area contributed by atoms with Crippen LogP contribution in [-0.2, 0) is 4.79 Å². The molecule has 1 saturated heterocycles. The van der Waals surface area contributed by atoms with Crippen molar-refractivity contribution < 1.29 is 27.8 Å². The number of nitrogens with zero attached hydrogens (tertiary/aromatic N) is 1. The highest BCUT2D eigenvalue weighted by molar-refractivity contribution is 6.05. The van der Waals surface area contributed by atoms with Crippen molar-refractivity contribution in [3.8, 4) is 11.5 Å². The minimum Gasteiger partial charge on any atom is -0.493 e. The smallest absolute Gasteiger partial charge is 0.387 e. The molecule has 2 aromatic rings. The van der Waals surface area contributed by atoms with Crippen molar-refractivity contribution in [3.63, 3.8) is 0 Å². The summed E-state index contributed by atoms with van der Waals surface area (Å²) in [5.74, 6) is -0.520. The fourth-order valence-electron chi connectivity index (χ4n) is 2.86. The Bertz CT molecular complexity index is 840. The zero-order valence-electron chi connectivity index (χ0n) is 14.6. The maximum atomic E-state index is 12.5. The van der Waals surface area contributed by atoms with Gasteiger partial charge in [0.25, 0.3) is 5.91 Å². The Morgan fingerprint density at radius 3 is 2.48 bits per heavy atom. The van der Waals surface area contributed by atoms with E-state index in [0.29, 0.717) is 18.7 Å². The van der Waals surface area contributed by atoms with Gasteiger partial charge in [0.2, 0.25) is 5.91 Å². The largest absolute Gasteiger partial charge is 0.493 e. The van der Waals surface area contributed by atoms with Crippen LogP contribution in [0.1, 0.15) is 23.2 Å². The summed E-state index contributed by atoms with van der Waals surface area (Å²) in [6.45, 7) is -2.35. The molecule has 0 bridgehead atoms. The van der Waals surface area contributed by atoms with Crippen LogP contribution in [0.25, 0.3) is 0 Å². The molecule has 2 aromatic carbocycles. The molecular formula is C19H18F2N2O4. The lowest BCUT2D eigenvalue weighted by Crippen LogP contribution is -2.23. The molecular weight excluding hydrogens is 358 g/mol. The van der Waals surface area contributed by atoms with Gasteiger partial charge in [-0.2, -0.15) is 8.78 Å². The minimum absolute atomic E-state index is 0.0802. The average molecular weight is 376 g/mol. The molecule has 1 aliphatic rings. The van der Waals surface area contributed by atoms with Crippen LogP contribution in [0.5, 0.6) is 11.5 Å². The van der Waals surface area contributed by atoms with Gasteiger partial charge in [0.05, 0.1) is 7.11 Å². The van der Waals surface area contributed by atoms with Crippen LogP contribution in [0.3, 0.4) is 0 Å². The molecule has 0 aromatic heterocycles. The van der Waals surface area contributed by atoms with Crippen LogP contribution in [0.15, 0.2) is 42.5 Å². The third kappa shape index (κ3) is 4.33. The normalized spacial score (nSPS) is 13.8. The second kappa shape index (κ2) is 8.03. The molecule has 2 amide bonds. The molecule has 1 aliphatic heterocycles. The molecule has 6 nitrogen and oxygen atoms in total. The number of carbonyl (C=O) groups is 2. The molecule has 1 fully saturated rings. The zero-order valence-corrected chi connectivity index (χ0v) is 14.6. The van der Waals surface area contributed by atoms with E-state index in [-0.39, 0.29) is 23.0 Å². The molecule has 8 heteroatoms. The Labute approximate surface area is 154 Å². The molecule has 1 N–H and O–H groups in total. The molecule has 3 rings (SSSR count). The highest BCUT2D eigenvalue weighted by Crippen LogP contribution is 2.30. The SMILES string of the molecule is COc1ccc(C(=O)Nc2ccc(N3CCCC3=O)cc2)cc1OC(F)F. The number of alkyl halides is 2. The molecule has 0 radical (unpaired) electrons. The molecule has 1 heterocycles. The number of amides is 2. The van der Waals surface area contributed by atoms with Crippen molar-refractivity contribution >= 4 is 23.2 Å². The number of benzene rings is 2. The summed E-state index contributed by atoms with van der Waals surface area (Å²) >= 11 is 0. The van der Waals surface area contributed by atoms with Crippen LogP contribution in [0.4, 0.5) is 20.2 Å². The quantitative estimate of drug-likeness (QED) is 0.835. The number of carbonyl (C=O) groups excluding carboxylic acids is 2. The van der Waals surface area contributed by atoms with Gasteiger partial charge in [0.1, 0.15) is 0 Å². The van der Waals surface area contributed by atoms with Crippen LogP contribution in [0.2, 0.25) is 0 Å². The van der Waals surface area contributed by atoms with Gasteiger partial charge < -0.3 is 19.7 Å². The van der Waals surface area contributed by atoms with Crippen molar-refractivity contribution in [1.82, 2.24) is 0 Å². The van der Waals surface area contributed by atoms with Crippen LogP contribution >= 0.6 is 0 Å². The topological polar surface area (TPSA) is 67.9 Å².